The predicted octanol–water partition coefficient (Wildman–Crippen LogP) is 2.33. The molecule has 340 valence electrons. The van der Waals surface area contributed by atoms with E-state index in [0.29, 0.717) is 19.3 Å². The molecule has 16 nitrogen and oxygen atoms in total. The van der Waals surface area contributed by atoms with Gasteiger partial charge in [-0.25, -0.2) is 0 Å². The molecule has 4 aliphatic heterocycles. The highest BCUT2D eigenvalue weighted by molar-refractivity contribution is 5.70. The number of cyclic esters (lactones) is 1. The Bertz CT molecular complexity index is 1370. The normalized spacial score (nSPS) is 45.8. The topological polar surface area (TPSA) is 195 Å². The van der Waals surface area contributed by atoms with Gasteiger partial charge in [-0.15, -0.1) is 0 Å². The zero-order valence-electron chi connectivity index (χ0n) is 37.0. The molecule has 0 aromatic carbocycles. The van der Waals surface area contributed by atoms with E-state index in [2.05, 4.69) is 4.90 Å². The molecule has 0 unspecified atom stereocenters. The number of aliphatic hydroxyl groups excluding tert-OH is 3. The van der Waals surface area contributed by atoms with Crippen molar-refractivity contribution >= 4 is 12.3 Å². The Morgan fingerprint density at radius 3 is 2.17 bits per heavy atom. The molecule has 0 aromatic rings. The van der Waals surface area contributed by atoms with Crippen LogP contribution >= 0.6 is 0 Å². The number of methoxy groups -OCH3 is 1. The maximum Gasteiger partial charge on any atom is 0.308 e. The molecule has 59 heavy (non-hydrogen) atoms. The van der Waals surface area contributed by atoms with Crippen molar-refractivity contribution in [1.29, 1.82) is 0 Å². The maximum absolute atomic E-state index is 13.1. The molecule has 4 heterocycles. The van der Waals surface area contributed by atoms with Gasteiger partial charge < -0.3 is 72.9 Å². The van der Waals surface area contributed by atoms with Gasteiger partial charge in [-0.1, -0.05) is 31.2 Å². The van der Waals surface area contributed by atoms with E-state index in [1.807, 2.05) is 52.2 Å². The Morgan fingerprint density at radius 2 is 1.56 bits per heavy atom. The van der Waals surface area contributed by atoms with Crippen LogP contribution in [0.4, 0.5) is 0 Å². The molecule has 16 heteroatoms. The Labute approximate surface area is 351 Å². The fraction of sp³-hybridized carbons (Fsp3) is 0.860. The van der Waals surface area contributed by atoms with Crippen molar-refractivity contribution in [2.75, 3.05) is 35.3 Å². The van der Waals surface area contributed by atoms with Crippen molar-refractivity contribution < 1.29 is 67.9 Å². The number of carbonyl (C=O) groups is 2. The van der Waals surface area contributed by atoms with E-state index >= 15 is 0 Å². The number of hydrogen-bond acceptors (Lipinski definition) is 16. The summed E-state index contributed by atoms with van der Waals surface area (Å²) in [6.45, 7) is 10.8. The third kappa shape index (κ3) is 13.3. The highest BCUT2D eigenvalue weighted by atomic mass is 16.7. The zero-order valence-corrected chi connectivity index (χ0v) is 37.0. The molecule has 0 radical (unpaired) electrons. The minimum Gasteiger partial charge on any atom is -0.462 e. The van der Waals surface area contributed by atoms with Crippen LogP contribution in [-0.4, -0.2) is 181 Å². The first-order chi connectivity index (χ1) is 27.8. The number of ether oxygens (including phenoxy) is 8. The lowest BCUT2D eigenvalue weighted by Crippen LogP contribution is -2.65. The van der Waals surface area contributed by atoms with Gasteiger partial charge in [0.2, 0.25) is 0 Å². The van der Waals surface area contributed by atoms with Crippen LogP contribution in [0, 0.1) is 11.8 Å². The monoisotopic (exact) mass is 843 g/mol. The molecule has 4 aliphatic rings. The molecular weight excluding hydrogens is 768 g/mol. The Kier molecular flexibility index (Phi) is 18.9. The number of esters is 1. The Balaban J connectivity index is 1.66. The second kappa shape index (κ2) is 22.5. The first-order valence-corrected chi connectivity index (χ1v) is 21.3. The van der Waals surface area contributed by atoms with E-state index in [1.165, 1.54) is 14.0 Å². The number of carbonyl (C=O) groups excluding carboxylic acids is 2. The lowest BCUT2D eigenvalue weighted by Gasteiger charge is -2.50. The van der Waals surface area contributed by atoms with E-state index in [9.17, 15) is 30.0 Å². The molecule has 0 aliphatic carbocycles. The standard InChI is InChI=1S/C43H74N2O14/c1-24-21-29(19-20-46)39(59-42-37(49)36(45(9)10)38(27(4)56-42)58-35-23-43(6,51)41(50)28(5)55-35)40(52-11)31(47)22-33(48)53-25(2)15-13-12-14-16-32(24)57-34-18-17-30(44(7)8)26(3)54-34/h12-14,16,20,24-32,34-42,47,49-51H,15,17-19,21-23H2,1-11H3/b13-12-,16-14+/t24-,25-,26+,27-,28+,29+,30+,31-,32+,34-,35-,36+,37+,38+,39+,40-,41-,42+,43+/m1/s1. The van der Waals surface area contributed by atoms with Crippen LogP contribution in [0.1, 0.15) is 86.5 Å². The summed E-state index contributed by atoms with van der Waals surface area (Å²) in [6.07, 6.45) is -1.56. The smallest absolute Gasteiger partial charge is 0.308 e. The largest absolute Gasteiger partial charge is 0.462 e. The fourth-order valence-electron chi connectivity index (χ4n) is 9.10. The average Bonchev–Trinajstić information content (AvgIpc) is 3.13. The summed E-state index contributed by atoms with van der Waals surface area (Å²) in [5.41, 5.74) is -1.47. The molecule has 0 spiro atoms. The van der Waals surface area contributed by atoms with Crippen LogP contribution in [0.2, 0.25) is 0 Å². The van der Waals surface area contributed by atoms with Gasteiger partial charge in [0.25, 0.3) is 0 Å². The molecule has 3 saturated heterocycles. The minimum absolute atomic E-state index is 0.00885. The van der Waals surface area contributed by atoms with Gasteiger partial charge in [0.15, 0.2) is 18.9 Å². The third-order valence-electron chi connectivity index (χ3n) is 12.4. The average molecular weight is 843 g/mol. The van der Waals surface area contributed by atoms with Crippen LogP contribution in [0.25, 0.3) is 0 Å². The van der Waals surface area contributed by atoms with E-state index in [1.54, 1.807) is 39.8 Å². The number of aliphatic hydroxyl groups is 4. The van der Waals surface area contributed by atoms with Crippen LogP contribution in [0.3, 0.4) is 0 Å². The van der Waals surface area contributed by atoms with Crippen molar-refractivity contribution in [2.45, 2.75) is 190 Å². The van der Waals surface area contributed by atoms with E-state index in [4.69, 9.17) is 37.9 Å². The van der Waals surface area contributed by atoms with Crippen molar-refractivity contribution in [3.05, 3.63) is 24.3 Å². The quantitative estimate of drug-likeness (QED) is 0.175. The summed E-state index contributed by atoms with van der Waals surface area (Å²) in [4.78, 5) is 29.5. The lowest BCUT2D eigenvalue weighted by molar-refractivity contribution is -0.344. The van der Waals surface area contributed by atoms with Crippen molar-refractivity contribution in [3.63, 3.8) is 0 Å². The van der Waals surface area contributed by atoms with Gasteiger partial charge >= 0.3 is 5.97 Å². The summed E-state index contributed by atoms with van der Waals surface area (Å²) >= 11 is 0. The first-order valence-electron chi connectivity index (χ1n) is 21.3. The summed E-state index contributed by atoms with van der Waals surface area (Å²) in [5.74, 6) is -1.47. The molecule has 3 fully saturated rings. The summed E-state index contributed by atoms with van der Waals surface area (Å²) in [7, 11) is 9.03. The minimum atomic E-state index is -1.47. The molecular formula is C43H74N2O14. The van der Waals surface area contributed by atoms with Crippen LogP contribution in [0.15, 0.2) is 24.3 Å². The number of hydrogen-bond donors (Lipinski definition) is 4. The number of allylic oxidation sites excluding steroid dienone is 2. The van der Waals surface area contributed by atoms with E-state index < -0.39 is 110 Å². The van der Waals surface area contributed by atoms with Crippen LogP contribution in [0.5, 0.6) is 0 Å². The number of rotatable bonds is 11. The SMILES string of the molecule is CO[C@H]1[C@@H](O[C@@H]2O[C@H](C)[C@H](O[C@@H]3C[C@](C)(O)[C@H](O)[C@H](C)O3)[C@@H](N(C)C)[C@@H]2O)[C@@H](CC=O)C[C@@H](C)[C@@H](O[C@@H]2CC[C@H](N(C)C)[C@H](C)O2)/C=C/C=C\C[C@@H](C)OC(=O)C[C@H]1O. The van der Waals surface area contributed by atoms with Gasteiger partial charge in [-0.3, -0.25) is 4.79 Å². The first kappa shape index (κ1) is 49.8. The van der Waals surface area contributed by atoms with Gasteiger partial charge in [-0.2, -0.15) is 0 Å². The van der Waals surface area contributed by atoms with Gasteiger partial charge in [-0.05, 0) is 93.9 Å². The highest BCUT2D eigenvalue weighted by Gasteiger charge is 2.52. The van der Waals surface area contributed by atoms with Crippen molar-refractivity contribution in [1.82, 2.24) is 9.80 Å². The second-order valence-corrected chi connectivity index (χ2v) is 17.8. The Hall–Kier alpha value is -1.90. The number of likely N-dealkylation sites (N-methyl/N-ethyl adjacent to an activating group) is 2. The van der Waals surface area contributed by atoms with Crippen LogP contribution < -0.4 is 0 Å². The predicted molar refractivity (Wildman–Crippen MR) is 217 cm³/mol. The van der Waals surface area contributed by atoms with E-state index in [0.717, 1.165) is 12.7 Å². The fourth-order valence-corrected chi connectivity index (χ4v) is 9.10. The van der Waals surface area contributed by atoms with Gasteiger partial charge in [0.05, 0.1) is 54.7 Å². The third-order valence-corrected chi connectivity index (χ3v) is 12.4. The molecule has 0 bridgehead atoms. The molecule has 4 N–H and O–H groups in total. The maximum atomic E-state index is 13.1. The lowest BCUT2D eigenvalue weighted by atomic mass is 9.82. The summed E-state index contributed by atoms with van der Waals surface area (Å²) in [6, 6.07) is -0.466. The highest BCUT2D eigenvalue weighted by Crippen LogP contribution is 2.37. The summed E-state index contributed by atoms with van der Waals surface area (Å²) < 4.78 is 50.0. The second-order valence-electron chi connectivity index (χ2n) is 17.8. The molecule has 0 aromatic heterocycles. The molecule has 19 atom stereocenters. The molecule has 0 amide bonds. The molecule has 4 rings (SSSR count). The molecule has 0 saturated carbocycles. The Morgan fingerprint density at radius 1 is 0.864 bits per heavy atom. The number of nitrogens with zero attached hydrogens (tertiary/aromatic N) is 2. The van der Waals surface area contributed by atoms with Crippen molar-refractivity contribution in [2.24, 2.45) is 11.8 Å². The van der Waals surface area contributed by atoms with E-state index in [-0.39, 0.29) is 30.9 Å². The zero-order chi connectivity index (χ0) is 43.8. The van der Waals surface area contributed by atoms with Crippen molar-refractivity contribution in [3.8, 4) is 0 Å². The number of aldehydes is 1. The van der Waals surface area contributed by atoms with Gasteiger partial charge in [0.1, 0.15) is 36.8 Å². The van der Waals surface area contributed by atoms with Crippen LogP contribution in [-0.2, 0) is 47.5 Å². The van der Waals surface area contributed by atoms with Gasteiger partial charge in [0, 0.05) is 32.4 Å². The summed E-state index contributed by atoms with van der Waals surface area (Å²) in [5, 5.41) is 45.1.